The smallest absolute Gasteiger partial charge is 0.0665 e. The summed E-state index contributed by atoms with van der Waals surface area (Å²) in [5.74, 6) is 2.36. The van der Waals surface area contributed by atoms with Gasteiger partial charge in [-0.3, -0.25) is 0 Å². The van der Waals surface area contributed by atoms with Gasteiger partial charge in [0.1, 0.15) is 0 Å². The minimum atomic E-state index is -0.0855. The topological polar surface area (TPSA) is 20.2 Å². The summed E-state index contributed by atoms with van der Waals surface area (Å²) in [7, 11) is 0. The molecular weight excluding hydrogens is 208 g/mol. The molecule has 4 bridgehead atoms. The van der Waals surface area contributed by atoms with E-state index >= 15 is 0 Å². The fourth-order valence-electron chi connectivity index (χ4n) is 5.19. The van der Waals surface area contributed by atoms with Crippen molar-refractivity contribution in [3.05, 3.63) is 35.9 Å². The Morgan fingerprint density at radius 3 is 2.24 bits per heavy atom. The number of aliphatic hydroxyl groups is 1. The monoisotopic (exact) mass is 228 g/mol. The zero-order chi connectivity index (χ0) is 11.5. The Balaban J connectivity index is 1.81. The Labute approximate surface area is 103 Å². The van der Waals surface area contributed by atoms with Gasteiger partial charge in [-0.15, -0.1) is 0 Å². The first-order valence-corrected chi connectivity index (χ1v) is 7.01. The van der Waals surface area contributed by atoms with E-state index in [-0.39, 0.29) is 11.5 Å². The summed E-state index contributed by atoms with van der Waals surface area (Å²) in [5, 5.41) is 10.7. The molecule has 4 aliphatic rings. The molecule has 17 heavy (non-hydrogen) atoms. The Kier molecular flexibility index (Phi) is 2.00. The molecule has 0 aliphatic heterocycles. The van der Waals surface area contributed by atoms with E-state index in [1.54, 1.807) is 0 Å². The molecule has 4 aliphatic carbocycles. The lowest BCUT2D eigenvalue weighted by molar-refractivity contribution is -0.113. The zero-order valence-corrected chi connectivity index (χ0v) is 10.2. The molecule has 0 saturated heterocycles. The second kappa shape index (κ2) is 3.35. The van der Waals surface area contributed by atoms with Crippen LogP contribution in [0.5, 0.6) is 0 Å². The highest BCUT2D eigenvalue weighted by Gasteiger charge is 2.57. The minimum absolute atomic E-state index is 0.0855. The molecular formula is C16H20O. The molecule has 0 spiro atoms. The molecule has 1 heteroatoms. The largest absolute Gasteiger partial charge is 0.392 e. The van der Waals surface area contributed by atoms with Crippen LogP contribution in [0.2, 0.25) is 0 Å². The molecule has 0 amide bonds. The summed E-state index contributed by atoms with van der Waals surface area (Å²) >= 11 is 0. The zero-order valence-electron chi connectivity index (χ0n) is 10.2. The molecule has 1 aromatic carbocycles. The van der Waals surface area contributed by atoms with E-state index in [4.69, 9.17) is 0 Å². The summed E-state index contributed by atoms with van der Waals surface area (Å²) < 4.78 is 0. The molecule has 1 aromatic rings. The van der Waals surface area contributed by atoms with Gasteiger partial charge in [0, 0.05) is 5.41 Å². The SMILES string of the molecule is O[C@H]1C2C[C@@H]3C[C@H](C2)CC1(c1ccccc1)C3. The van der Waals surface area contributed by atoms with Crippen LogP contribution in [0.3, 0.4) is 0 Å². The van der Waals surface area contributed by atoms with Gasteiger partial charge in [0.25, 0.3) is 0 Å². The maximum atomic E-state index is 10.7. The summed E-state index contributed by atoms with van der Waals surface area (Å²) in [5.41, 5.74) is 1.50. The van der Waals surface area contributed by atoms with Gasteiger partial charge in [-0.25, -0.2) is 0 Å². The molecule has 5 atom stereocenters. The second-order valence-electron chi connectivity index (χ2n) is 6.57. The average molecular weight is 228 g/mol. The van der Waals surface area contributed by atoms with Crippen molar-refractivity contribution < 1.29 is 5.11 Å². The predicted octanol–water partition coefficient (Wildman–Crippen LogP) is 3.13. The van der Waals surface area contributed by atoms with Gasteiger partial charge in [-0.05, 0) is 55.4 Å². The van der Waals surface area contributed by atoms with E-state index in [9.17, 15) is 5.11 Å². The molecule has 0 aromatic heterocycles. The van der Waals surface area contributed by atoms with Gasteiger partial charge in [-0.1, -0.05) is 30.3 Å². The van der Waals surface area contributed by atoms with Gasteiger partial charge in [0.2, 0.25) is 0 Å². The van der Waals surface area contributed by atoms with Crippen molar-refractivity contribution >= 4 is 0 Å². The molecule has 4 saturated carbocycles. The third-order valence-electron chi connectivity index (χ3n) is 5.61. The molecule has 5 rings (SSSR count). The van der Waals surface area contributed by atoms with E-state index in [1.165, 1.54) is 37.7 Å². The van der Waals surface area contributed by atoms with E-state index in [0.717, 1.165) is 11.8 Å². The van der Waals surface area contributed by atoms with Gasteiger partial charge in [-0.2, -0.15) is 0 Å². The van der Waals surface area contributed by atoms with Crippen LogP contribution in [0.25, 0.3) is 0 Å². The highest BCUT2D eigenvalue weighted by Crippen LogP contribution is 2.60. The lowest BCUT2D eigenvalue weighted by Gasteiger charge is -2.59. The maximum absolute atomic E-state index is 10.7. The molecule has 1 N–H and O–H groups in total. The highest BCUT2D eigenvalue weighted by molar-refractivity contribution is 5.31. The first kappa shape index (κ1) is 10.1. The number of rotatable bonds is 1. The summed E-state index contributed by atoms with van der Waals surface area (Å²) in [6.45, 7) is 0. The summed E-state index contributed by atoms with van der Waals surface area (Å²) in [6, 6.07) is 10.8. The fraction of sp³-hybridized carbons (Fsp3) is 0.625. The van der Waals surface area contributed by atoms with Gasteiger partial charge >= 0.3 is 0 Å². The molecule has 2 unspecified atom stereocenters. The Morgan fingerprint density at radius 2 is 1.59 bits per heavy atom. The van der Waals surface area contributed by atoms with Crippen molar-refractivity contribution in [1.82, 2.24) is 0 Å². The Hall–Kier alpha value is -0.820. The van der Waals surface area contributed by atoms with Crippen LogP contribution in [-0.4, -0.2) is 11.2 Å². The average Bonchev–Trinajstić information content (AvgIpc) is 2.36. The third-order valence-corrected chi connectivity index (χ3v) is 5.61. The first-order chi connectivity index (χ1) is 8.28. The van der Waals surface area contributed by atoms with Crippen LogP contribution < -0.4 is 0 Å². The van der Waals surface area contributed by atoms with Crippen molar-refractivity contribution in [2.75, 3.05) is 0 Å². The Bertz CT molecular complexity index is 410. The van der Waals surface area contributed by atoms with Crippen molar-refractivity contribution in [3.8, 4) is 0 Å². The minimum Gasteiger partial charge on any atom is -0.392 e. The highest BCUT2D eigenvalue weighted by atomic mass is 16.3. The summed E-state index contributed by atoms with van der Waals surface area (Å²) in [6.07, 6.45) is 6.37. The Morgan fingerprint density at radius 1 is 0.941 bits per heavy atom. The van der Waals surface area contributed by atoms with Crippen LogP contribution in [0, 0.1) is 17.8 Å². The van der Waals surface area contributed by atoms with Crippen LogP contribution in [0.1, 0.15) is 37.7 Å². The van der Waals surface area contributed by atoms with Gasteiger partial charge in [0.15, 0.2) is 0 Å². The standard InChI is InChI=1S/C16H20O/c17-15-13-7-11-6-12(8-13)10-16(15,9-11)14-4-2-1-3-5-14/h1-5,11-13,15,17H,6-10H2/t11-,12+,13?,15-,16?/m0/s1. The number of aliphatic hydroxyl groups excluding tert-OH is 1. The van der Waals surface area contributed by atoms with Crippen LogP contribution in [0.4, 0.5) is 0 Å². The van der Waals surface area contributed by atoms with E-state index in [0.29, 0.717) is 5.92 Å². The maximum Gasteiger partial charge on any atom is 0.0665 e. The molecule has 0 radical (unpaired) electrons. The molecule has 90 valence electrons. The summed E-state index contributed by atoms with van der Waals surface area (Å²) in [4.78, 5) is 0. The number of benzene rings is 1. The van der Waals surface area contributed by atoms with E-state index in [2.05, 4.69) is 30.3 Å². The predicted molar refractivity (Wildman–Crippen MR) is 67.7 cm³/mol. The molecule has 4 fully saturated rings. The molecule has 0 heterocycles. The van der Waals surface area contributed by atoms with Crippen molar-refractivity contribution in [2.45, 2.75) is 43.6 Å². The van der Waals surface area contributed by atoms with Crippen molar-refractivity contribution in [1.29, 1.82) is 0 Å². The van der Waals surface area contributed by atoms with Crippen LogP contribution in [0.15, 0.2) is 30.3 Å². The lowest BCUT2D eigenvalue weighted by Crippen LogP contribution is -2.58. The van der Waals surface area contributed by atoms with Crippen molar-refractivity contribution in [3.63, 3.8) is 0 Å². The van der Waals surface area contributed by atoms with E-state index < -0.39 is 0 Å². The quantitative estimate of drug-likeness (QED) is 0.783. The van der Waals surface area contributed by atoms with Crippen LogP contribution >= 0.6 is 0 Å². The fourth-order valence-corrected chi connectivity index (χ4v) is 5.19. The third kappa shape index (κ3) is 1.29. The van der Waals surface area contributed by atoms with Gasteiger partial charge < -0.3 is 5.11 Å². The first-order valence-electron chi connectivity index (χ1n) is 7.01. The molecule has 1 nitrogen and oxygen atoms in total. The van der Waals surface area contributed by atoms with E-state index in [1.807, 2.05) is 0 Å². The number of hydrogen-bond acceptors (Lipinski definition) is 1. The van der Waals surface area contributed by atoms with Crippen LogP contribution in [-0.2, 0) is 5.41 Å². The second-order valence-corrected chi connectivity index (χ2v) is 6.57. The number of hydrogen-bond donors (Lipinski definition) is 1. The normalized spacial score (nSPS) is 47.4. The van der Waals surface area contributed by atoms with Gasteiger partial charge in [0.05, 0.1) is 6.10 Å². The lowest BCUT2D eigenvalue weighted by atomic mass is 9.46. The van der Waals surface area contributed by atoms with Crippen molar-refractivity contribution in [2.24, 2.45) is 17.8 Å².